The van der Waals surface area contributed by atoms with E-state index in [4.69, 9.17) is 16.1 Å². The smallest absolute Gasteiger partial charge is 0.338 e. The Kier molecular flexibility index (Phi) is 5.20. The minimum atomic E-state index is -0.414. The normalized spacial score (nSPS) is 15.1. The zero-order chi connectivity index (χ0) is 22.2. The highest BCUT2D eigenvalue weighted by Crippen LogP contribution is 2.27. The molecule has 0 unspecified atom stereocenters. The molecule has 0 atom stereocenters. The van der Waals surface area contributed by atoms with E-state index in [1.165, 1.54) is 11.6 Å². The lowest BCUT2D eigenvalue weighted by Crippen LogP contribution is -2.33. The largest absolute Gasteiger partial charge is 0.457 e. The fraction of sp³-hybridized carbons (Fsp3) is 0.269. The molecular weight excluding hydrogens is 405 g/mol. The maximum absolute atomic E-state index is 13.7. The molecule has 160 valence electrons. The fourth-order valence-electron chi connectivity index (χ4n) is 4.43. The number of aromatic nitrogens is 2. The predicted octanol–water partition coefficient (Wildman–Crippen LogP) is 3.84. The summed E-state index contributed by atoms with van der Waals surface area (Å²) in [7, 11) is 0. The van der Waals surface area contributed by atoms with Crippen LogP contribution >= 0.6 is 0 Å². The number of cyclic esters (lactones) is 1. The molecule has 0 bridgehead atoms. The van der Waals surface area contributed by atoms with Crippen LogP contribution in [0.25, 0.3) is 11.4 Å². The molecule has 5 rings (SSSR count). The molecule has 1 aromatic heterocycles. The van der Waals surface area contributed by atoms with Gasteiger partial charge in [-0.05, 0) is 48.7 Å². The van der Waals surface area contributed by atoms with E-state index < -0.39 is 5.82 Å². The first-order chi connectivity index (χ1) is 15.5. The summed E-state index contributed by atoms with van der Waals surface area (Å²) in [4.78, 5) is 23.4. The highest BCUT2D eigenvalue weighted by atomic mass is 19.1. The summed E-state index contributed by atoms with van der Waals surface area (Å²) in [5.41, 5.74) is 7.20. The number of carbonyl (C=O) groups is 1. The van der Waals surface area contributed by atoms with Crippen LogP contribution in [0, 0.1) is 25.1 Å². The molecule has 32 heavy (non-hydrogen) atoms. The lowest BCUT2D eigenvalue weighted by Gasteiger charge is -2.28. The maximum atomic E-state index is 13.7. The van der Waals surface area contributed by atoms with E-state index in [1.807, 2.05) is 18.3 Å². The van der Waals surface area contributed by atoms with E-state index in [0.717, 1.165) is 60.4 Å². The molecule has 0 aliphatic carbocycles. The van der Waals surface area contributed by atoms with Gasteiger partial charge in [0.05, 0.1) is 16.8 Å². The summed E-state index contributed by atoms with van der Waals surface area (Å²) in [5.74, 6) is 2.29. The summed E-state index contributed by atoms with van der Waals surface area (Å²) in [6, 6.07) is 8.56. The molecule has 0 amide bonds. The van der Waals surface area contributed by atoms with Gasteiger partial charge >= 0.3 is 5.97 Å². The van der Waals surface area contributed by atoms with Gasteiger partial charge in [0, 0.05) is 48.9 Å². The Balaban J connectivity index is 1.28. The number of nitrogens with zero attached hydrogens (tertiary/aromatic N) is 3. The summed E-state index contributed by atoms with van der Waals surface area (Å²) >= 11 is 0. The van der Waals surface area contributed by atoms with Crippen LogP contribution in [0.2, 0.25) is 0 Å². The van der Waals surface area contributed by atoms with Gasteiger partial charge in [0.25, 0.3) is 0 Å². The molecule has 0 radical (unpaired) electrons. The van der Waals surface area contributed by atoms with Crippen LogP contribution in [0.15, 0.2) is 36.5 Å². The minimum Gasteiger partial charge on any atom is -0.457 e. The van der Waals surface area contributed by atoms with Crippen molar-refractivity contribution in [2.45, 2.75) is 32.9 Å². The number of ether oxygens (including phenoxy) is 1. The Morgan fingerprint density at radius 1 is 1.28 bits per heavy atom. The van der Waals surface area contributed by atoms with E-state index in [0.29, 0.717) is 18.0 Å². The molecule has 0 saturated carbocycles. The van der Waals surface area contributed by atoms with Gasteiger partial charge in [0.1, 0.15) is 12.4 Å². The SMILES string of the molecule is C#Cc1cc(-c2ncc3c(n2)CCN(CCc2ccc4c(c2C)COC4=O)C3)ccc1F. The van der Waals surface area contributed by atoms with Crippen molar-refractivity contribution in [1.29, 1.82) is 0 Å². The average Bonchev–Trinajstić information content (AvgIpc) is 3.20. The van der Waals surface area contributed by atoms with Crippen LogP contribution in [0.5, 0.6) is 0 Å². The summed E-state index contributed by atoms with van der Waals surface area (Å²) in [5, 5.41) is 0. The Morgan fingerprint density at radius 2 is 2.16 bits per heavy atom. The summed E-state index contributed by atoms with van der Waals surface area (Å²) in [6.45, 7) is 5.06. The van der Waals surface area contributed by atoms with Gasteiger partial charge in [0.15, 0.2) is 5.82 Å². The van der Waals surface area contributed by atoms with Gasteiger partial charge in [-0.25, -0.2) is 19.2 Å². The van der Waals surface area contributed by atoms with Crippen molar-refractivity contribution >= 4 is 5.97 Å². The quantitative estimate of drug-likeness (QED) is 0.468. The molecule has 3 heterocycles. The lowest BCUT2D eigenvalue weighted by atomic mass is 9.96. The average molecular weight is 427 g/mol. The van der Waals surface area contributed by atoms with E-state index in [1.54, 1.807) is 12.1 Å². The van der Waals surface area contributed by atoms with Crippen LogP contribution in [-0.4, -0.2) is 33.9 Å². The summed E-state index contributed by atoms with van der Waals surface area (Å²) < 4.78 is 18.9. The van der Waals surface area contributed by atoms with Crippen LogP contribution < -0.4 is 0 Å². The van der Waals surface area contributed by atoms with Crippen molar-refractivity contribution in [1.82, 2.24) is 14.9 Å². The Labute approximate surface area is 186 Å². The molecular formula is C26H22FN3O2. The van der Waals surface area contributed by atoms with Crippen molar-refractivity contribution < 1.29 is 13.9 Å². The monoisotopic (exact) mass is 427 g/mol. The number of terminal acetylenes is 1. The van der Waals surface area contributed by atoms with Crippen molar-refractivity contribution in [3.05, 3.63) is 81.4 Å². The maximum Gasteiger partial charge on any atom is 0.338 e. The van der Waals surface area contributed by atoms with E-state index in [-0.39, 0.29) is 11.5 Å². The minimum absolute atomic E-state index is 0.216. The second kappa shape index (κ2) is 8.18. The van der Waals surface area contributed by atoms with Gasteiger partial charge in [-0.15, -0.1) is 6.42 Å². The molecule has 0 saturated heterocycles. The lowest BCUT2D eigenvalue weighted by molar-refractivity contribution is 0.0535. The highest BCUT2D eigenvalue weighted by Gasteiger charge is 2.24. The van der Waals surface area contributed by atoms with E-state index in [9.17, 15) is 9.18 Å². The zero-order valence-corrected chi connectivity index (χ0v) is 17.8. The molecule has 0 N–H and O–H groups in total. The van der Waals surface area contributed by atoms with Gasteiger partial charge in [-0.2, -0.15) is 0 Å². The number of fused-ring (bicyclic) bond motifs is 2. The third-order valence-electron chi connectivity index (χ3n) is 6.37. The number of hydrogen-bond acceptors (Lipinski definition) is 5. The molecule has 2 aliphatic heterocycles. The van der Waals surface area contributed by atoms with Crippen LogP contribution in [-0.2, 0) is 30.7 Å². The predicted molar refractivity (Wildman–Crippen MR) is 118 cm³/mol. The first-order valence-electron chi connectivity index (χ1n) is 10.7. The molecule has 2 aromatic carbocycles. The number of carbonyl (C=O) groups excluding carboxylic acids is 1. The third-order valence-corrected chi connectivity index (χ3v) is 6.37. The number of benzene rings is 2. The van der Waals surface area contributed by atoms with Crippen LogP contribution in [0.4, 0.5) is 4.39 Å². The highest BCUT2D eigenvalue weighted by molar-refractivity contribution is 5.93. The van der Waals surface area contributed by atoms with Crippen molar-refractivity contribution in [3.63, 3.8) is 0 Å². The van der Waals surface area contributed by atoms with E-state index >= 15 is 0 Å². The fourth-order valence-corrected chi connectivity index (χ4v) is 4.43. The van der Waals surface area contributed by atoms with Crippen molar-refractivity contribution in [2.75, 3.05) is 13.1 Å². The van der Waals surface area contributed by atoms with Crippen LogP contribution in [0.1, 0.15) is 43.9 Å². The number of halogens is 1. The zero-order valence-electron chi connectivity index (χ0n) is 17.8. The standard InChI is InChI=1S/C26H22FN3O2/c1-3-17-12-19(5-7-23(17)27)25-28-13-20-14-30(11-9-24(20)29-25)10-8-18-4-6-21-22(16(18)2)15-32-26(21)31/h1,4-7,12-13H,8-11,14-15H2,2H3. The number of rotatable bonds is 4. The second-order valence-electron chi connectivity index (χ2n) is 8.23. The first-order valence-corrected chi connectivity index (χ1v) is 10.7. The van der Waals surface area contributed by atoms with Gasteiger partial charge in [-0.3, -0.25) is 4.90 Å². The molecule has 2 aliphatic rings. The first kappa shape index (κ1) is 20.3. The Bertz CT molecular complexity index is 1280. The Morgan fingerprint density at radius 3 is 3.00 bits per heavy atom. The molecule has 3 aromatic rings. The molecule has 5 nitrogen and oxygen atoms in total. The van der Waals surface area contributed by atoms with Gasteiger partial charge in [0.2, 0.25) is 0 Å². The molecule has 0 spiro atoms. The second-order valence-corrected chi connectivity index (χ2v) is 8.23. The Hall–Kier alpha value is -3.56. The summed E-state index contributed by atoms with van der Waals surface area (Å²) in [6.07, 6.45) is 8.99. The molecule has 6 heteroatoms. The van der Waals surface area contributed by atoms with Crippen molar-refractivity contribution in [3.8, 4) is 23.7 Å². The number of esters is 1. The van der Waals surface area contributed by atoms with Crippen molar-refractivity contribution in [2.24, 2.45) is 0 Å². The number of hydrogen-bond donors (Lipinski definition) is 0. The molecule has 0 fully saturated rings. The third kappa shape index (κ3) is 3.65. The van der Waals surface area contributed by atoms with Crippen LogP contribution in [0.3, 0.4) is 0 Å². The van der Waals surface area contributed by atoms with Gasteiger partial charge < -0.3 is 4.74 Å². The topological polar surface area (TPSA) is 55.3 Å². The van der Waals surface area contributed by atoms with E-state index in [2.05, 4.69) is 22.7 Å². The van der Waals surface area contributed by atoms with Gasteiger partial charge in [-0.1, -0.05) is 12.0 Å².